The molecule has 3 aromatic heterocycles. The van der Waals surface area contributed by atoms with Crippen molar-refractivity contribution < 1.29 is 13.9 Å². The number of anilines is 2. The van der Waals surface area contributed by atoms with Crippen LogP contribution < -0.4 is 26.1 Å². The summed E-state index contributed by atoms with van der Waals surface area (Å²) < 4.78 is 15.8. The Balaban J connectivity index is 1.90. The number of methoxy groups -OCH3 is 2. The highest BCUT2D eigenvalue weighted by Gasteiger charge is 2.22. The lowest BCUT2D eigenvalue weighted by Gasteiger charge is -2.18. The van der Waals surface area contributed by atoms with Crippen molar-refractivity contribution >= 4 is 28.6 Å². The van der Waals surface area contributed by atoms with Crippen molar-refractivity contribution in [2.75, 3.05) is 31.8 Å². The van der Waals surface area contributed by atoms with Crippen molar-refractivity contribution in [3.63, 3.8) is 0 Å². The van der Waals surface area contributed by atoms with E-state index in [1.165, 1.54) is 12.7 Å². The zero-order valence-electron chi connectivity index (χ0n) is 18.7. The Morgan fingerprint density at radius 3 is 2.70 bits per heavy atom. The average Bonchev–Trinajstić information content (AvgIpc) is 3.49. The number of nitrogens with two attached hydrogens (primary N) is 1. The highest BCUT2D eigenvalue weighted by molar-refractivity contribution is 5.95. The molecule has 0 aliphatic carbocycles. The Morgan fingerprint density at radius 1 is 1.27 bits per heavy atom. The smallest absolute Gasteiger partial charge is 0.261 e. The van der Waals surface area contributed by atoms with Crippen molar-refractivity contribution in [3.8, 4) is 22.9 Å². The molecule has 5 N–H and O–H groups in total. The van der Waals surface area contributed by atoms with Gasteiger partial charge in [-0.1, -0.05) is 0 Å². The topological polar surface area (TPSA) is 156 Å². The molecule has 0 aliphatic heterocycles. The van der Waals surface area contributed by atoms with Gasteiger partial charge in [-0.3, -0.25) is 9.79 Å². The maximum absolute atomic E-state index is 13.2. The molecule has 1 aromatic carbocycles. The van der Waals surface area contributed by atoms with Crippen LogP contribution in [0.2, 0.25) is 0 Å². The molecule has 0 fully saturated rings. The number of hydrogen-bond acceptors (Lipinski definition) is 9. The summed E-state index contributed by atoms with van der Waals surface area (Å²) in [7, 11) is 3.10. The third-order valence-corrected chi connectivity index (χ3v) is 5.17. The number of hydrogen-bond donors (Lipinski definition) is 4. The van der Waals surface area contributed by atoms with E-state index in [1.807, 2.05) is 13.8 Å². The van der Waals surface area contributed by atoms with Crippen LogP contribution >= 0.6 is 0 Å². The predicted molar refractivity (Wildman–Crippen MR) is 126 cm³/mol. The molecule has 0 bridgehead atoms. The number of imidazole rings is 1. The number of aromatic nitrogens is 4. The number of pyridine rings is 1. The van der Waals surface area contributed by atoms with E-state index >= 15 is 0 Å². The molecule has 0 saturated carbocycles. The van der Waals surface area contributed by atoms with Gasteiger partial charge in [0.1, 0.15) is 23.3 Å². The van der Waals surface area contributed by atoms with Crippen molar-refractivity contribution in [1.29, 1.82) is 0 Å². The van der Waals surface area contributed by atoms with Crippen LogP contribution in [0.5, 0.6) is 11.5 Å². The van der Waals surface area contributed by atoms with E-state index < -0.39 is 0 Å². The van der Waals surface area contributed by atoms with E-state index in [1.54, 1.807) is 32.6 Å². The molecular weight excluding hydrogens is 426 g/mol. The van der Waals surface area contributed by atoms with E-state index in [-0.39, 0.29) is 17.2 Å². The second kappa shape index (κ2) is 9.07. The van der Waals surface area contributed by atoms with Gasteiger partial charge in [0.2, 0.25) is 0 Å². The lowest BCUT2D eigenvalue weighted by molar-refractivity contribution is 0.356. The SMILES string of the molecule is CCN=Cc1[nH]c(=O)c(-c2nc3cc(OC)c(OC)cc3[nH]2)c(NC(C)c2cocn2)c1N. The number of nitrogens with zero attached hydrogens (tertiary/aromatic N) is 3. The van der Waals surface area contributed by atoms with Crippen LogP contribution in [-0.4, -0.2) is 46.9 Å². The van der Waals surface area contributed by atoms with Crippen LogP contribution in [0, 0.1) is 0 Å². The number of fused-ring (bicyclic) bond motifs is 1. The quantitative estimate of drug-likeness (QED) is 0.298. The van der Waals surface area contributed by atoms with Gasteiger partial charge in [0, 0.05) is 24.9 Å². The Bertz CT molecular complexity index is 1310. The van der Waals surface area contributed by atoms with Crippen LogP contribution in [0.25, 0.3) is 22.4 Å². The van der Waals surface area contributed by atoms with Gasteiger partial charge in [-0.25, -0.2) is 9.97 Å². The largest absolute Gasteiger partial charge is 0.493 e. The first-order valence-corrected chi connectivity index (χ1v) is 10.3. The lowest BCUT2D eigenvalue weighted by atomic mass is 10.1. The Labute approximate surface area is 189 Å². The first-order chi connectivity index (χ1) is 16.0. The second-order valence-electron chi connectivity index (χ2n) is 7.25. The Hall–Kier alpha value is -4.28. The summed E-state index contributed by atoms with van der Waals surface area (Å²) in [5.74, 6) is 1.40. The summed E-state index contributed by atoms with van der Waals surface area (Å²) in [5, 5.41) is 3.29. The van der Waals surface area contributed by atoms with Crippen LogP contribution in [0.1, 0.15) is 31.3 Å². The molecule has 11 nitrogen and oxygen atoms in total. The van der Waals surface area contributed by atoms with Crippen molar-refractivity contribution in [1.82, 2.24) is 19.9 Å². The molecule has 0 spiro atoms. The van der Waals surface area contributed by atoms with E-state index in [9.17, 15) is 4.79 Å². The number of nitrogens with one attached hydrogen (secondary N) is 3. The van der Waals surface area contributed by atoms with Gasteiger partial charge in [0.25, 0.3) is 5.56 Å². The highest BCUT2D eigenvalue weighted by Crippen LogP contribution is 2.36. The van der Waals surface area contributed by atoms with Crippen molar-refractivity contribution in [3.05, 3.63) is 46.5 Å². The summed E-state index contributed by atoms with van der Waals surface area (Å²) in [6, 6.07) is 3.20. The minimum absolute atomic E-state index is 0.255. The first kappa shape index (κ1) is 21.9. The predicted octanol–water partition coefficient (Wildman–Crippen LogP) is 3.12. The fourth-order valence-electron chi connectivity index (χ4n) is 3.48. The van der Waals surface area contributed by atoms with Crippen molar-refractivity contribution in [2.24, 2.45) is 4.99 Å². The third kappa shape index (κ3) is 4.12. The molecule has 1 atom stereocenters. The minimum Gasteiger partial charge on any atom is -0.493 e. The molecule has 0 saturated heterocycles. The number of oxazole rings is 1. The van der Waals surface area contributed by atoms with Crippen LogP contribution in [0.3, 0.4) is 0 Å². The number of aromatic amines is 2. The summed E-state index contributed by atoms with van der Waals surface area (Å²) in [6.45, 7) is 4.33. The Morgan fingerprint density at radius 2 is 2.03 bits per heavy atom. The first-order valence-electron chi connectivity index (χ1n) is 10.3. The van der Waals surface area contributed by atoms with Gasteiger partial charge >= 0.3 is 0 Å². The standard InChI is InChI=1S/C22H25N7O4/c1-5-24-8-14-19(23)20(26-11(2)15-9-33-10-25-15)18(22(30)29-14)21-27-12-6-16(31-3)17(32-4)7-13(12)28-21/h6-11H,5,23H2,1-4H3,(H,27,28)(H2,26,29,30). The molecule has 0 radical (unpaired) electrons. The van der Waals surface area contributed by atoms with Crippen LogP contribution in [-0.2, 0) is 0 Å². The molecular formula is C22H25N7O4. The fourth-order valence-corrected chi connectivity index (χ4v) is 3.48. The number of H-pyrrole nitrogens is 2. The molecule has 11 heteroatoms. The third-order valence-electron chi connectivity index (χ3n) is 5.17. The van der Waals surface area contributed by atoms with Gasteiger partial charge in [0.15, 0.2) is 17.9 Å². The summed E-state index contributed by atoms with van der Waals surface area (Å²) in [5.41, 5.74) is 9.41. The summed E-state index contributed by atoms with van der Waals surface area (Å²) in [4.78, 5) is 32.2. The van der Waals surface area contributed by atoms with Crippen LogP contribution in [0.4, 0.5) is 11.4 Å². The minimum atomic E-state index is -0.380. The molecule has 4 aromatic rings. The fraction of sp³-hybridized carbons (Fsp3) is 0.273. The number of rotatable bonds is 8. The molecule has 3 heterocycles. The zero-order valence-corrected chi connectivity index (χ0v) is 18.7. The van der Waals surface area contributed by atoms with E-state index in [0.29, 0.717) is 57.7 Å². The zero-order chi connectivity index (χ0) is 23.5. The van der Waals surface area contributed by atoms with Gasteiger partial charge < -0.3 is 34.9 Å². The second-order valence-corrected chi connectivity index (χ2v) is 7.25. The molecule has 4 rings (SSSR count). The number of aliphatic imine (C=N–C) groups is 1. The monoisotopic (exact) mass is 451 g/mol. The normalized spacial score (nSPS) is 12.4. The van der Waals surface area contributed by atoms with Gasteiger partial charge in [-0.15, -0.1) is 0 Å². The van der Waals surface area contributed by atoms with Gasteiger partial charge in [-0.05, 0) is 13.8 Å². The van der Waals surface area contributed by atoms with E-state index in [0.717, 1.165) is 0 Å². The maximum atomic E-state index is 13.2. The number of benzene rings is 1. The maximum Gasteiger partial charge on any atom is 0.261 e. The molecule has 33 heavy (non-hydrogen) atoms. The molecule has 1 unspecified atom stereocenters. The molecule has 0 amide bonds. The summed E-state index contributed by atoms with van der Waals surface area (Å²) >= 11 is 0. The molecule has 0 aliphatic rings. The van der Waals surface area contributed by atoms with E-state index in [4.69, 9.17) is 19.6 Å². The lowest BCUT2D eigenvalue weighted by Crippen LogP contribution is -2.20. The highest BCUT2D eigenvalue weighted by atomic mass is 16.5. The number of nitrogen functional groups attached to an aromatic ring is 1. The Kier molecular flexibility index (Phi) is 6.03. The average molecular weight is 451 g/mol. The van der Waals surface area contributed by atoms with Crippen molar-refractivity contribution in [2.45, 2.75) is 19.9 Å². The van der Waals surface area contributed by atoms with Gasteiger partial charge in [-0.2, -0.15) is 0 Å². The van der Waals surface area contributed by atoms with E-state index in [2.05, 4.69) is 30.2 Å². The van der Waals surface area contributed by atoms with Gasteiger partial charge in [0.05, 0.1) is 48.4 Å². The summed E-state index contributed by atoms with van der Waals surface area (Å²) in [6.07, 6.45) is 4.41. The van der Waals surface area contributed by atoms with Crippen LogP contribution in [0.15, 0.2) is 39.0 Å². The number of ether oxygens (including phenoxy) is 2. The molecule has 172 valence electrons.